The van der Waals surface area contributed by atoms with E-state index < -0.39 is 0 Å². The lowest BCUT2D eigenvalue weighted by atomic mass is 9.96. The normalized spacial score (nSPS) is 25.8. The molecule has 0 aromatic carbocycles. The number of aliphatic hydroxyl groups is 1. The molecule has 0 amide bonds. The molecule has 2 atom stereocenters. The molecule has 3 heteroatoms. The Hall–Kier alpha value is -0.120. The topological polar surface area (TPSA) is 44.3 Å². The molecule has 78 valence electrons. The highest BCUT2D eigenvalue weighted by molar-refractivity contribution is 4.84. The second kappa shape index (κ2) is 6.35. The third-order valence-electron chi connectivity index (χ3n) is 2.74. The summed E-state index contributed by atoms with van der Waals surface area (Å²) in [4.78, 5) is 0. The van der Waals surface area contributed by atoms with Gasteiger partial charge in [0.05, 0.1) is 0 Å². The highest BCUT2D eigenvalue weighted by Gasteiger charge is 2.21. The van der Waals surface area contributed by atoms with Gasteiger partial charge in [-0.15, -0.1) is 0 Å². The van der Waals surface area contributed by atoms with Gasteiger partial charge in [-0.3, -0.25) is 0 Å². The summed E-state index contributed by atoms with van der Waals surface area (Å²) >= 11 is 0. The van der Waals surface area contributed by atoms with Gasteiger partial charge in [0, 0.05) is 18.7 Å². The monoisotopic (exact) mass is 186 g/mol. The molecule has 0 unspecified atom stereocenters. The van der Waals surface area contributed by atoms with Gasteiger partial charge in [-0.2, -0.15) is 0 Å². The quantitative estimate of drug-likeness (QED) is 0.585. The second-order valence-corrected chi connectivity index (χ2v) is 3.73. The van der Waals surface area contributed by atoms with E-state index >= 15 is 0 Å². The van der Waals surface area contributed by atoms with Gasteiger partial charge < -0.3 is 15.7 Å². The van der Waals surface area contributed by atoms with E-state index in [1.807, 2.05) is 0 Å². The van der Waals surface area contributed by atoms with Crippen LogP contribution in [0.1, 0.15) is 32.6 Å². The Kier molecular flexibility index (Phi) is 5.35. The molecule has 0 radical (unpaired) electrons. The molecule has 1 heterocycles. The summed E-state index contributed by atoms with van der Waals surface area (Å²) in [6, 6.07) is 1.02. The lowest BCUT2D eigenvalue weighted by Gasteiger charge is -2.31. The Morgan fingerprint density at radius 1 is 1.54 bits per heavy atom. The van der Waals surface area contributed by atoms with Crippen LogP contribution >= 0.6 is 0 Å². The summed E-state index contributed by atoms with van der Waals surface area (Å²) in [5.74, 6) is 0. The molecule has 0 aromatic rings. The zero-order chi connectivity index (χ0) is 9.52. The minimum Gasteiger partial charge on any atom is -0.396 e. The number of nitrogens with one attached hydrogen (secondary N) is 2. The van der Waals surface area contributed by atoms with E-state index in [0.717, 1.165) is 19.5 Å². The van der Waals surface area contributed by atoms with Crippen molar-refractivity contribution >= 4 is 0 Å². The van der Waals surface area contributed by atoms with Crippen LogP contribution in [0.5, 0.6) is 0 Å². The molecule has 1 fully saturated rings. The van der Waals surface area contributed by atoms with E-state index in [-0.39, 0.29) is 6.61 Å². The smallest absolute Gasteiger partial charge is 0.0446 e. The van der Waals surface area contributed by atoms with Crippen LogP contribution in [0.2, 0.25) is 0 Å². The Morgan fingerprint density at radius 3 is 2.92 bits per heavy atom. The summed E-state index contributed by atoms with van der Waals surface area (Å²) in [6.45, 7) is 4.53. The summed E-state index contributed by atoms with van der Waals surface area (Å²) in [5, 5.41) is 15.9. The molecule has 3 nitrogen and oxygen atoms in total. The van der Waals surface area contributed by atoms with Crippen LogP contribution in [0.15, 0.2) is 0 Å². The number of hydrogen-bond acceptors (Lipinski definition) is 3. The summed E-state index contributed by atoms with van der Waals surface area (Å²) in [5.41, 5.74) is 0. The average Bonchev–Trinajstić information content (AvgIpc) is 2.19. The average molecular weight is 186 g/mol. The zero-order valence-electron chi connectivity index (χ0n) is 8.55. The summed E-state index contributed by atoms with van der Waals surface area (Å²) < 4.78 is 0. The summed E-state index contributed by atoms with van der Waals surface area (Å²) in [6.07, 6.45) is 4.74. The van der Waals surface area contributed by atoms with E-state index in [9.17, 15) is 0 Å². The molecule has 0 spiro atoms. The Balaban J connectivity index is 2.32. The van der Waals surface area contributed by atoms with E-state index in [1.165, 1.54) is 19.3 Å². The van der Waals surface area contributed by atoms with Crippen molar-refractivity contribution < 1.29 is 5.11 Å². The fourth-order valence-corrected chi connectivity index (χ4v) is 2.07. The first-order valence-corrected chi connectivity index (χ1v) is 5.46. The standard InChI is InChI=1S/C10H22N2O/c1-2-11-10(6-8-13)9-5-3-4-7-12-9/h9-13H,2-8H2,1H3/t9-,10-/m0/s1. The second-order valence-electron chi connectivity index (χ2n) is 3.73. The van der Waals surface area contributed by atoms with Gasteiger partial charge in [-0.1, -0.05) is 13.3 Å². The lowest BCUT2D eigenvalue weighted by molar-refractivity contribution is 0.230. The van der Waals surface area contributed by atoms with Crippen LogP contribution in [-0.2, 0) is 0 Å². The lowest BCUT2D eigenvalue weighted by Crippen LogP contribution is -2.50. The largest absolute Gasteiger partial charge is 0.396 e. The van der Waals surface area contributed by atoms with Crippen molar-refractivity contribution in [3.8, 4) is 0 Å². The van der Waals surface area contributed by atoms with Crippen LogP contribution < -0.4 is 10.6 Å². The third-order valence-corrected chi connectivity index (χ3v) is 2.74. The summed E-state index contributed by atoms with van der Waals surface area (Å²) in [7, 11) is 0. The predicted molar refractivity (Wildman–Crippen MR) is 54.8 cm³/mol. The Labute approximate surface area is 80.9 Å². The maximum absolute atomic E-state index is 8.93. The molecular formula is C10H22N2O. The van der Waals surface area contributed by atoms with Crippen molar-refractivity contribution in [2.75, 3.05) is 19.7 Å². The van der Waals surface area contributed by atoms with Gasteiger partial charge in [0.1, 0.15) is 0 Å². The highest BCUT2D eigenvalue weighted by Crippen LogP contribution is 2.12. The molecule has 0 aliphatic carbocycles. The minimum atomic E-state index is 0.288. The molecule has 3 N–H and O–H groups in total. The van der Waals surface area contributed by atoms with Crippen molar-refractivity contribution in [3.05, 3.63) is 0 Å². The van der Waals surface area contributed by atoms with E-state index in [2.05, 4.69) is 17.6 Å². The first kappa shape index (κ1) is 11.0. The maximum atomic E-state index is 8.93. The first-order chi connectivity index (χ1) is 6.38. The molecule has 1 aliphatic rings. The fraction of sp³-hybridized carbons (Fsp3) is 1.00. The third kappa shape index (κ3) is 3.63. The van der Waals surface area contributed by atoms with Crippen LogP contribution in [-0.4, -0.2) is 36.9 Å². The van der Waals surface area contributed by atoms with Gasteiger partial charge >= 0.3 is 0 Å². The predicted octanol–water partition coefficient (Wildman–Crippen LogP) is 0.489. The fourth-order valence-electron chi connectivity index (χ4n) is 2.07. The zero-order valence-corrected chi connectivity index (χ0v) is 8.55. The highest BCUT2D eigenvalue weighted by atomic mass is 16.3. The minimum absolute atomic E-state index is 0.288. The van der Waals surface area contributed by atoms with Gasteiger partial charge in [-0.05, 0) is 32.4 Å². The molecule has 0 bridgehead atoms. The van der Waals surface area contributed by atoms with Crippen LogP contribution in [0, 0.1) is 0 Å². The molecule has 1 saturated heterocycles. The van der Waals surface area contributed by atoms with Crippen molar-refractivity contribution in [3.63, 3.8) is 0 Å². The maximum Gasteiger partial charge on any atom is 0.0446 e. The molecule has 1 rings (SSSR count). The van der Waals surface area contributed by atoms with Crippen molar-refractivity contribution in [2.24, 2.45) is 0 Å². The van der Waals surface area contributed by atoms with Gasteiger partial charge in [0.2, 0.25) is 0 Å². The van der Waals surface area contributed by atoms with Crippen molar-refractivity contribution in [1.82, 2.24) is 10.6 Å². The SMILES string of the molecule is CCN[C@@H](CCO)[C@@H]1CCCCN1. The van der Waals surface area contributed by atoms with Crippen molar-refractivity contribution in [2.45, 2.75) is 44.7 Å². The molecular weight excluding hydrogens is 164 g/mol. The first-order valence-electron chi connectivity index (χ1n) is 5.46. The molecule has 13 heavy (non-hydrogen) atoms. The number of rotatable bonds is 5. The van der Waals surface area contributed by atoms with E-state index in [4.69, 9.17) is 5.11 Å². The number of piperidine rings is 1. The van der Waals surface area contributed by atoms with Gasteiger partial charge in [-0.25, -0.2) is 0 Å². The van der Waals surface area contributed by atoms with Crippen molar-refractivity contribution in [1.29, 1.82) is 0 Å². The van der Waals surface area contributed by atoms with Gasteiger partial charge in [0.15, 0.2) is 0 Å². The molecule has 0 aromatic heterocycles. The number of hydrogen-bond donors (Lipinski definition) is 3. The number of aliphatic hydroxyl groups excluding tert-OH is 1. The number of likely N-dealkylation sites (N-methyl/N-ethyl adjacent to an activating group) is 1. The van der Waals surface area contributed by atoms with Crippen LogP contribution in [0.25, 0.3) is 0 Å². The Bertz CT molecular complexity index is 118. The molecule has 1 aliphatic heterocycles. The molecule has 0 saturated carbocycles. The van der Waals surface area contributed by atoms with Gasteiger partial charge in [0.25, 0.3) is 0 Å². The van der Waals surface area contributed by atoms with E-state index in [1.54, 1.807) is 0 Å². The van der Waals surface area contributed by atoms with E-state index in [0.29, 0.717) is 12.1 Å². The van der Waals surface area contributed by atoms with Crippen LogP contribution in [0.3, 0.4) is 0 Å². The van der Waals surface area contributed by atoms with Crippen LogP contribution in [0.4, 0.5) is 0 Å². The Morgan fingerprint density at radius 2 is 2.38 bits per heavy atom.